The summed E-state index contributed by atoms with van der Waals surface area (Å²) in [4.78, 5) is 8.75. The average Bonchev–Trinajstić information content (AvgIpc) is 3.02. The zero-order chi connectivity index (χ0) is 15.5. The van der Waals surface area contributed by atoms with Gasteiger partial charge in [0, 0.05) is 16.3 Å². The van der Waals surface area contributed by atoms with Crippen molar-refractivity contribution in [2.45, 2.75) is 65.3 Å². The zero-order valence-corrected chi connectivity index (χ0v) is 15.1. The monoisotopic (exact) mass is 309 g/mol. The molecule has 2 rings (SSSR count). The van der Waals surface area contributed by atoms with Gasteiger partial charge in [-0.25, -0.2) is 4.98 Å². The van der Waals surface area contributed by atoms with Crippen molar-refractivity contribution in [2.24, 2.45) is 0 Å². The number of hydrogen-bond donors (Lipinski definition) is 1. The molecule has 1 aromatic heterocycles. The minimum absolute atomic E-state index is 0.156. The molecule has 1 aliphatic rings. The van der Waals surface area contributed by atoms with Crippen molar-refractivity contribution in [1.29, 1.82) is 0 Å². The highest BCUT2D eigenvalue weighted by atomic mass is 32.1. The molecule has 1 unspecified atom stereocenters. The number of thiazole rings is 1. The number of rotatable bonds is 6. The van der Waals surface area contributed by atoms with Crippen LogP contribution in [0.3, 0.4) is 0 Å². The van der Waals surface area contributed by atoms with Crippen LogP contribution in [0.15, 0.2) is 0 Å². The zero-order valence-electron chi connectivity index (χ0n) is 14.3. The van der Waals surface area contributed by atoms with Crippen molar-refractivity contribution < 1.29 is 0 Å². The smallest absolute Gasteiger partial charge is 0.0985 e. The van der Waals surface area contributed by atoms with Gasteiger partial charge in [-0.05, 0) is 59.3 Å². The Morgan fingerprint density at radius 3 is 2.52 bits per heavy atom. The van der Waals surface area contributed by atoms with Gasteiger partial charge < -0.3 is 10.2 Å². The Morgan fingerprint density at radius 1 is 1.29 bits per heavy atom. The van der Waals surface area contributed by atoms with Crippen LogP contribution in [-0.4, -0.2) is 36.1 Å². The maximum atomic E-state index is 4.76. The molecule has 1 saturated heterocycles. The van der Waals surface area contributed by atoms with Gasteiger partial charge >= 0.3 is 0 Å². The van der Waals surface area contributed by atoms with E-state index in [9.17, 15) is 0 Å². The minimum atomic E-state index is 0.156. The highest BCUT2D eigenvalue weighted by Crippen LogP contribution is 2.32. The summed E-state index contributed by atoms with van der Waals surface area (Å²) < 4.78 is 0. The summed E-state index contributed by atoms with van der Waals surface area (Å²) in [5.41, 5.74) is 1.35. The molecule has 120 valence electrons. The van der Waals surface area contributed by atoms with Crippen LogP contribution in [0.2, 0.25) is 0 Å². The van der Waals surface area contributed by atoms with E-state index < -0.39 is 0 Å². The van der Waals surface area contributed by atoms with Crippen molar-refractivity contribution in [3.8, 4) is 0 Å². The number of likely N-dealkylation sites (tertiary alicyclic amines) is 1. The van der Waals surface area contributed by atoms with E-state index in [0.29, 0.717) is 6.04 Å². The summed E-state index contributed by atoms with van der Waals surface area (Å²) in [6, 6.07) is 0.414. The first kappa shape index (κ1) is 16.9. The Balaban J connectivity index is 1.79. The maximum absolute atomic E-state index is 4.76. The van der Waals surface area contributed by atoms with Crippen LogP contribution in [0, 0.1) is 6.92 Å². The fourth-order valence-electron chi connectivity index (χ4n) is 2.85. The molecule has 1 N–H and O–H groups in total. The molecule has 0 aliphatic carbocycles. The third-order valence-corrected chi connectivity index (χ3v) is 5.93. The molecule has 4 heteroatoms. The van der Waals surface area contributed by atoms with Crippen LogP contribution < -0.4 is 5.32 Å². The summed E-state index contributed by atoms with van der Waals surface area (Å²) in [7, 11) is 0. The van der Waals surface area contributed by atoms with E-state index in [0.717, 1.165) is 6.54 Å². The lowest BCUT2D eigenvalue weighted by Crippen LogP contribution is -2.26. The largest absolute Gasteiger partial charge is 0.309 e. The van der Waals surface area contributed by atoms with Crippen LogP contribution in [0.5, 0.6) is 0 Å². The Morgan fingerprint density at radius 2 is 1.95 bits per heavy atom. The van der Waals surface area contributed by atoms with Gasteiger partial charge in [0.2, 0.25) is 0 Å². The first-order chi connectivity index (χ1) is 9.88. The average molecular weight is 310 g/mol. The molecule has 2 heterocycles. The first-order valence-electron chi connectivity index (χ1n) is 8.31. The number of aryl methyl sites for hydroxylation is 1. The number of aromatic nitrogens is 1. The molecule has 0 bridgehead atoms. The summed E-state index contributed by atoms with van der Waals surface area (Å²) in [5, 5.41) is 4.92. The lowest BCUT2D eigenvalue weighted by Gasteiger charge is -2.17. The second-order valence-electron chi connectivity index (χ2n) is 7.30. The second kappa shape index (κ2) is 7.21. The highest BCUT2D eigenvalue weighted by Gasteiger charge is 2.22. The van der Waals surface area contributed by atoms with Gasteiger partial charge in [-0.1, -0.05) is 20.8 Å². The van der Waals surface area contributed by atoms with E-state index in [1.807, 2.05) is 11.3 Å². The van der Waals surface area contributed by atoms with Crippen LogP contribution in [0.25, 0.3) is 0 Å². The van der Waals surface area contributed by atoms with E-state index in [-0.39, 0.29) is 5.41 Å². The van der Waals surface area contributed by atoms with Gasteiger partial charge in [0.05, 0.1) is 10.7 Å². The predicted octanol–water partition coefficient (Wildman–Crippen LogP) is 3.89. The molecule has 21 heavy (non-hydrogen) atoms. The SMILES string of the molecule is Cc1nc(C(C)(C)C)sc1C(C)NCCCN1CCCC1. The van der Waals surface area contributed by atoms with E-state index in [2.05, 4.69) is 44.8 Å². The van der Waals surface area contributed by atoms with Crippen LogP contribution in [0.4, 0.5) is 0 Å². The molecule has 0 amide bonds. The molecule has 1 fully saturated rings. The topological polar surface area (TPSA) is 28.2 Å². The fourth-order valence-corrected chi connectivity index (χ4v) is 4.00. The Kier molecular flexibility index (Phi) is 5.81. The molecule has 1 aromatic rings. The standard InChI is InChI=1S/C17H31N3S/c1-13(18-9-8-12-20-10-6-7-11-20)15-14(2)19-16(21-15)17(3,4)5/h13,18H,6-12H2,1-5H3. The number of nitrogens with one attached hydrogen (secondary N) is 1. The third-order valence-electron chi connectivity index (χ3n) is 4.17. The summed E-state index contributed by atoms with van der Waals surface area (Å²) in [5.74, 6) is 0. The van der Waals surface area contributed by atoms with E-state index in [1.54, 1.807) is 0 Å². The number of nitrogens with zero attached hydrogens (tertiary/aromatic N) is 2. The second-order valence-corrected chi connectivity index (χ2v) is 8.33. The van der Waals surface area contributed by atoms with Crippen molar-refractivity contribution in [1.82, 2.24) is 15.2 Å². The minimum Gasteiger partial charge on any atom is -0.309 e. The van der Waals surface area contributed by atoms with Crippen LogP contribution in [0.1, 0.15) is 68.6 Å². The Labute approximate surface area is 134 Å². The molecule has 0 aromatic carbocycles. The van der Waals surface area contributed by atoms with E-state index in [4.69, 9.17) is 4.98 Å². The van der Waals surface area contributed by atoms with Gasteiger partial charge in [-0.15, -0.1) is 11.3 Å². The highest BCUT2D eigenvalue weighted by molar-refractivity contribution is 7.12. The molecule has 0 saturated carbocycles. The molecule has 3 nitrogen and oxygen atoms in total. The van der Waals surface area contributed by atoms with Crippen molar-refractivity contribution in [2.75, 3.05) is 26.2 Å². The van der Waals surface area contributed by atoms with E-state index >= 15 is 0 Å². The Bertz CT molecular complexity index is 441. The van der Waals surface area contributed by atoms with Gasteiger partial charge in [0.25, 0.3) is 0 Å². The van der Waals surface area contributed by atoms with Gasteiger partial charge in [-0.2, -0.15) is 0 Å². The van der Waals surface area contributed by atoms with Crippen molar-refractivity contribution in [3.63, 3.8) is 0 Å². The molecular weight excluding hydrogens is 278 g/mol. The van der Waals surface area contributed by atoms with Gasteiger partial charge in [-0.3, -0.25) is 0 Å². The predicted molar refractivity (Wildman–Crippen MR) is 92.3 cm³/mol. The molecule has 1 aliphatic heterocycles. The molecule has 1 atom stereocenters. The molecule has 0 radical (unpaired) electrons. The van der Waals surface area contributed by atoms with Crippen LogP contribution in [-0.2, 0) is 5.41 Å². The van der Waals surface area contributed by atoms with Crippen LogP contribution >= 0.6 is 11.3 Å². The quantitative estimate of drug-likeness (QED) is 0.808. The van der Waals surface area contributed by atoms with Crippen molar-refractivity contribution in [3.05, 3.63) is 15.6 Å². The summed E-state index contributed by atoms with van der Waals surface area (Å²) in [6.07, 6.45) is 4.02. The Hall–Kier alpha value is -0.450. The lowest BCUT2D eigenvalue weighted by atomic mass is 9.98. The first-order valence-corrected chi connectivity index (χ1v) is 9.13. The summed E-state index contributed by atoms with van der Waals surface area (Å²) in [6.45, 7) is 16.1. The molecule has 0 spiro atoms. The fraction of sp³-hybridized carbons (Fsp3) is 0.824. The van der Waals surface area contributed by atoms with E-state index in [1.165, 1.54) is 54.5 Å². The lowest BCUT2D eigenvalue weighted by molar-refractivity contribution is 0.328. The molecular formula is C17H31N3S. The number of hydrogen-bond acceptors (Lipinski definition) is 4. The maximum Gasteiger partial charge on any atom is 0.0985 e. The van der Waals surface area contributed by atoms with Gasteiger partial charge in [0.1, 0.15) is 0 Å². The van der Waals surface area contributed by atoms with Crippen molar-refractivity contribution >= 4 is 11.3 Å². The summed E-state index contributed by atoms with van der Waals surface area (Å²) >= 11 is 1.87. The normalized spacial score (nSPS) is 18.3. The third kappa shape index (κ3) is 4.76. The van der Waals surface area contributed by atoms with Gasteiger partial charge in [0.15, 0.2) is 0 Å².